The van der Waals surface area contributed by atoms with E-state index in [2.05, 4.69) is 5.32 Å². The van der Waals surface area contributed by atoms with Gasteiger partial charge >= 0.3 is 5.97 Å². The number of ether oxygens (including phenoxy) is 1. The average Bonchev–Trinajstić information content (AvgIpc) is 2.62. The molecule has 0 aromatic heterocycles. The van der Waals surface area contributed by atoms with Crippen molar-refractivity contribution in [2.75, 3.05) is 5.32 Å². The van der Waals surface area contributed by atoms with Crippen LogP contribution in [0.15, 0.2) is 66.7 Å². The molecule has 0 spiro atoms. The summed E-state index contributed by atoms with van der Waals surface area (Å²) in [6.45, 7) is 2.96. The second-order valence-corrected chi connectivity index (χ2v) is 6.42. The van der Waals surface area contributed by atoms with Crippen molar-refractivity contribution >= 4 is 28.3 Å². The minimum absolute atomic E-state index is 0.207. The highest BCUT2D eigenvalue weighted by Crippen LogP contribution is 2.23. The first kappa shape index (κ1) is 17.5. The molecule has 0 aliphatic heterocycles. The van der Waals surface area contributed by atoms with Crippen LogP contribution in [-0.4, -0.2) is 22.6 Å². The third-order valence-electron chi connectivity index (χ3n) is 4.03. The maximum atomic E-state index is 12.6. The van der Waals surface area contributed by atoms with Crippen LogP contribution in [0.2, 0.25) is 0 Å². The van der Waals surface area contributed by atoms with Gasteiger partial charge in [-0.2, -0.15) is 0 Å². The number of anilines is 1. The van der Waals surface area contributed by atoms with Crippen molar-refractivity contribution in [3.8, 4) is 5.75 Å². The summed E-state index contributed by atoms with van der Waals surface area (Å²) in [5.41, 5.74) is -0.132. The summed E-state index contributed by atoms with van der Waals surface area (Å²) in [5.74, 6) is -0.840. The number of aliphatic carboxylic acids is 1. The molecule has 132 valence electrons. The van der Waals surface area contributed by atoms with Crippen molar-refractivity contribution in [3.63, 3.8) is 0 Å². The number of hydrogen-bond donors (Lipinski definition) is 2. The molecule has 0 fully saturated rings. The Labute approximate surface area is 151 Å². The summed E-state index contributed by atoms with van der Waals surface area (Å²) in [6, 6.07) is 19.9. The fourth-order valence-corrected chi connectivity index (χ4v) is 2.57. The van der Waals surface area contributed by atoms with E-state index >= 15 is 0 Å². The van der Waals surface area contributed by atoms with E-state index in [0.29, 0.717) is 17.0 Å². The highest BCUT2D eigenvalue weighted by Gasteiger charge is 2.29. The third kappa shape index (κ3) is 3.67. The van der Waals surface area contributed by atoms with E-state index in [1.807, 2.05) is 36.4 Å². The van der Waals surface area contributed by atoms with Crippen LogP contribution in [-0.2, 0) is 4.79 Å². The lowest BCUT2D eigenvalue weighted by Gasteiger charge is -2.21. The molecule has 0 aliphatic carbocycles. The summed E-state index contributed by atoms with van der Waals surface area (Å²) in [5, 5.41) is 13.8. The van der Waals surface area contributed by atoms with Crippen molar-refractivity contribution in [2.24, 2.45) is 0 Å². The SMILES string of the molecule is CC(C)(Oc1ccc(NC(=O)c2cccc3ccccc23)cc1)C(=O)O. The van der Waals surface area contributed by atoms with Gasteiger partial charge in [-0.05, 0) is 55.0 Å². The molecule has 3 aromatic carbocycles. The van der Waals surface area contributed by atoms with Crippen LogP contribution in [0, 0.1) is 0 Å². The van der Waals surface area contributed by atoms with Gasteiger partial charge in [0, 0.05) is 11.3 Å². The van der Waals surface area contributed by atoms with Gasteiger partial charge in [-0.25, -0.2) is 4.79 Å². The Balaban J connectivity index is 1.77. The fraction of sp³-hybridized carbons (Fsp3) is 0.143. The Morgan fingerprint density at radius 2 is 1.58 bits per heavy atom. The average molecular weight is 349 g/mol. The predicted molar refractivity (Wildman–Crippen MR) is 101 cm³/mol. The van der Waals surface area contributed by atoms with Crippen molar-refractivity contribution in [1.29, 1.82) is 0 Å². The van der Waals surface area contributed by atoms with E-state index in [4.69, 9.17) is 9.84 Å². The van der Waals surface area contributed by atoms with Gasteiger partial charge in [0.1, 0.15) is 5.75 Å². The van der Waals surface area contributed by atoms with Crippen LogP contribution in [0.25, 0.3) is 10.8 Å². The molecule has 1 amide bonds. The second kappa shape index (κ2) is 6.88. The van der Waals surface area contributed by atoms with Crippen LogP contribution >= 0.6 is 0 Å². The topological polar surface area (TPSA) is 75.6 Å². The lowest BCUT2D eigenvalue weighted by atomic mass is 10.0. The van der Waals surface area contributed by atoms with E-state index in [9.17, 15) is 9.59 Å². The van der Waals surface area contributed by atoms with Gasteiger partial charge in [0.25, 0.3) is 5.91 Å². The largest absolute Gasteiger partial charge is 0.478 e. The molecule has 0 radical (unpaired) electrons. The molecule has 3 aromatic rings. The number of carbonyl (C=O) groups excluding carboxylic acids is 1. The molecule has 2 N–H and O–H groups in total. The number of fused-ring (bicyclic) bond motifs is 1. The van der Waals surface area contributed by atoms with Gasteiger partial charge < -0.3 is 15.2 Å². The van der Waals surface area contributed by atoms with Gasteiger partial charge in [-0.15, -0.1) is 0 Å². The monoisotopic (exact) mass is 349 g/mol. The normalized spacial score (nSPS) is 11.2. The van der Waals surface area contributed by atoms with E-state index in [-0.39, 0.29) is 5.91 Å². The molecule has 0 bridgehead atoms. The molecule has 5 heteroatoms. The van der Waals surface area contributed by atoms with Crippen molar-refractivity contribution in [2.45, 2.75) is 19.4 Å². The molecule has 0 unspecified atom stereocenters. The maximum Gasteiger partial charge on any atom is 0.347 e. The minimum atomic E-state index is -1.33. The Morgan fingerprint density at radius 3 is 2.27 bits per heavy atom. The Bertz CT molecular complexity index is 956. The van der Waals surface area contributed by atoms with Gasteiger partial charge in [0.2, 0.25) is 0 Å². The fourth-order valence-electron chi connectivity index (χ4n) is 2.57. The van der Waals surface area contributed by atoms with Crippen LogP contribution in [0.3, 0.4) is 0 Å². The van der Waals surface area contributed by atoms with E-state index in [0.717, 1.165) is 10.8 Å². The van der Waals surface area contributed by atoms with Gasteiger partial charge in [-0.3, -0.25) is 4.79 Å². The van der Waals surface area contributed by atoms with Crippen LogP contribution in [0.4, 0.5) is 5.69 Å². The highest BCUT2D eigenvalue weighted by atomic mass is 16.5. The zero-order valence-electron chi connectivity index (χ0n) is 14.5. The highest BCUT2D eigenvalue weighted by molar-refractivity contribution is 6.12. The molecule has 26 heavy (non-hydrogen) atoms. The Hall–Kier alpha value is -3.34. The summed E-state index contributed by atoms with van der Waals surface area (Å²) in [6.07, 6.45) is 0. The molecule has 3 rings (SSSR count). The van der Waals surface area contributed by atoms with E-state index < -0.39 is 11.6 Å². The van der Waals surface area contributed by atoms with Crippen LogP contribution in [0.5, 0.6) is 5.75 Å². The second-order valence-electron chi connectivity index (χ2n) is 6.42. The molecule has 0 saturated heterocycles. The van der Waals surface area contributed by atoms with E-state index in [1.54, 1.807) is 30.3 Å². The number of carboxylic acid groups (broad SMARTS) is 1. The smallest absolute Gasteiger partial charge is 0.347 e. The zero-order valence-corrected chi connectivity index (χ0v) is 14.5. The molecule has 0 heterocycles. The van der Waals surface area contributed by atoms with Crippen molar-refractivity contribution in [1.82, 2.24) is 0 Å². The summed E-state index contributed by atoms with van der Waals surface area (Å²) in [7, 11) is 0. The molecule has 0 saturated carbocycles. The summed E-state index contributed by atoms with van der Waals surface area (Å²) >= 11 is 0. The number of carboxylic acids is 1. The molecular formula is C21H19NO4. The lowest BCUT2D eigenvalue weighted by Crippen LogP contribution is -2.37. The standard InChI is InChI=1S/C21H19NO4/c1-21(2,20(24)25)26-16-12-10-15(11-13-16)22-19(23)18-9-5-7-14-6-3-4-8-17(14)18/h3-13H,1-2H3,(H,22,23)(H,24,25). The van der Waals surface area contributed by atoms with Crippen molar-refractivity contribution in [3.05, 3.63) is 72.3 Å². The first-order valence-electron chi connectivity index (χ1n) is 8.18. The number of rotatable bonds is 5. The predicted octanol–water partition coefficient (Wildman–Crippen LogP) is 4.33. The van der Waals surface area contributed by atoms with Crippen LogP contribution < -0.4 is 10.1 Å². The first-order valence-corrected chi connectivity index (χ1v) is 8.18. The number of amides is 1. The van der Waals surface area contributed by atoms with Gasteiger partial charge in [0.15, 0.2) is 5.60 Å². The molecule has 0 aliphatic rings. The summed E-state index contributed by atoms with van der Waals surface area (Å²) < 4.78 is 5.45. The molecular weight excluding hydrogens is 330 g/mol. The Morgan fingerprint density at radius 1 is 0.923 bits per heavy atom. The van der Waals surface area contributed by atoms with E-state index in [1.165, 1.54) is 13.8 Å². The van der Waals surface area contributed by atoms with Gasteiger partial charge in [0.05, 0.1) is 0 Å². The first-order chi connectivity index (χ1) is 12.4. The van der Waals surface area contributed by atoms with Crippen LogP contribution in [0.1, 0.15) is 24.2 Å². The number of hydrogen-bond acceptors (Lipinski definition) is 3. The van der Waals surface area contributed by atoms with Gasteiger partial charge in [-0.1, -0.05) is 36.4 Å². The third-order valence-corrected chi connectivity index (χ3v) is 4.03. The zero-order chi connectivity index (χ0) is 18.7. The molecule has 5 nitrogen and oxygen atoms in total. The minimum Gasteiger partial charge on any atom is -0.478 e. The number of benzene rings is 3. The Kier molecular flexibility index (Phi) is 4.63. The summed E-state index contributed by atoms with van der Waals surface area (Å²) in [4.78, 5) is 23.7. The van der Waals surface area contributed by atoms with Crippen molar-refractivity contribution < 1.29 is 19.4 Å². The molecule has 0 atom stereocenters. The lowest BCUT2D eigenvalue weighted by molar-refractivity contribution is -0.152. The number of nitrogens with one attached hydrogen (secondary N) is 1. The maximum absolute atomic E-state index is 12.6. The quantitative estimate of drug-likeness (QED) is 0.719. The number of carbonyl (C=O) groups is 2.